The van der Waals surface area contributed by atoms with E-state index in [4.69, 9.17) is 21.7 Å². The first-order chi connectivity index (χ1) is 14.5. The number of carbonyl (C=O) groups excluding carboxylic acids is 1. The van der Waals surface area contributed by atoms with Gasteiger partial charge < -0.3 is 14.6 Å². The van der Waals surface area contributed by atoms with Gasteiger partial charge in [0.05, 0.1) is 18.1 Å². The number of benzene rings is 2. The molecule has 2 aromatic rings. The Morgan fingerprint density at radius 1 is 1.13 bits per heavy atom. The lowest BCUT2D eigenvalue weighted by molar-refractivity contribution is -0.145. The van der Waals surface area contributed by atoms with Gasteiger partial charge in [0.15, 0.2) is 17.5 Å². The van der Waals surface area contributed by atoms with E-state index in [1.807, 2.05) is 19.9 Å². The number of hydrogen-bond acceptors (Lipinski definition) is 6. The molecule has 2 aromatic carbocycles. The second kappa shape index (κ2) is 9.77. The molecule has 0 aromatic heterocycles. The predicted octanol–water partition coefficient (Wildman–Crippen LogP) is 4.51. The minimum atomic E-state index is -1.18. The third-order valence-electron chi connectivity index (χ3n) is 4.30. The van der Waals surface area contributed by atoms with E-state index in [1.165, 1.54) is 0 Å². The molecule has 3 rings (SSSR count). The lowest BCUT2D eigenvalue weighted by Crippen LogP contribution is -2.37. The second-order valence-corrected chi connectivity index (χ2v) is 7.95. The molecule has 0 aliphatic carbocycles. The van der Waals surface area contributed by atoms with Crippen molar-refractivity contribution in [3.63, 3.8) is 0 Å². The van der Waals surface area contributed by atoms with Crippen LogP contribution in [0.2, 0.25) is 0 Å². The molecular formula is C22H21NO5S2. The summed E-state index contributed by atoms with van der Waals surface area (Å²) in [6.45, 7) is 4.75. The fourth-order valence-corrected chi connectivity index (χ4v) is 4.36. The monoisotopic (exact) mass is 443 g/mol. The molecule has 1 aliphatic rings. The van der Waals surface area contributed by atoms with Gasteiger partial charge in [0.25, 0.3) is 5.91 Å². The number of thioether (sulfide) groups is 1. The first kappa shape index (κ1) is 21.9. The van der Waals surface area contributed by atoms with Crippen LogP contribution in [0.25, 0.3) is 6.08 Å². The number of nitrogens with zero attached hydrogens (tertiary/aromatic N) is 1. The summed E-state index contributed by atoms with van der Waals surface area (Å²) in [5.74, 6) is -0.373. The molecule has 1 heterocycles. The van der Waals surface area contributed by atoms with E-state index in [-0.39, 0.29) is 4.32 Å². The number of ether oxygens (including phenoxy) is 2. The van der Waals surface area contributed by atoms with Crippen molar-refractivity contribution in [2.24, 2.45) is 0 Å². The van der Waals surface area contributed by atoms with Gasteiger partial charge >= 0.3 is 5.97 Å². The van der Waals surface area contributed by atoms with Crippen molar-refractivity contribution in [1.29, 1.82) is 0 Å². The Morgan fingerprint density at radius 2 is 1.80 bits per heavy atom. The van der Waals surface area contributed by atoms with Crippen LogP contribution in [-0.2, 0) is 9.59 Å². The molecule has 6 nitrogen and oxygen atoms in total. The molecule has 0 spiro atoms. The van der Waals surface area contributed by atoms with Crippen LogP contribution in [0.4, 0.5) is 0 Å². The number of rotatable bonds is 8. The SMILES string of the molecule is CCOc1ccc(/C=C2\SC(=S)N([C@@H](C(=O)O)c3ccccc3)C2=O)cc1OCC. The molecule has 156 valence electrons. The number of carboxylic acid groups (broad SMARTS) is 1. The summed E-state index contributed by atoms with van der Waals surface area (Å²) in [5, 5.41) is 9.76. The predicted molar refractivity (Wildman–Crippen MR) is 121 cm³/mol. The Bertz CT molecular complexity index is 990. The minimum absolute atomic E-state index is 0.207. The molecule has 1 atom stereocenters. The van der Waals surface area contributed by atoms with Crippen LogP contribution in [0.1, 0.15) is 31.0 Å². The highest BCUT2D eigenvalue weighted by atomic mass is 32.2. The van der Waals surface area contributed by atoms with Crippen LogP contribution in [0.5, 0.6) is 11.5 Å². The van der Waals surface area contributed by atoms with Gasteiger partial charge in [0.2, 0.25) is 0 Å². The van der Waals surface area contributed by atoms with Crippen LogP contribution in [-0.4, -0.2) is 39.4 Å². The van der Waals surface area contributed by atoms with Crippen LogP contribution in [0, 0.1) is 0 Å². The summed E-state index contributed by atoms with van der Waals surface area (Å²) in [7, 11) is 0. The Balaban J connectivity index is 1.93. The van der Waals surface area contributed by atoms with Crippen LogP contribution in [0.3, 0.4) is 0 Å². The molecule has 1 N–H and O–H groups in total. The smallest absolute Gasteiger partial charge is 0.331 e. The maximum absolute atomic E-state index is 13.0. The summed E-state index contributed by atoms with van der Waals surface area (Å²) >= 11 is 6.43. The molecule has 0 saturated carbocycles. The topological polar surface area (TPSA) is 76.1 Å². The van der Waals surface area contributed by atoms with Crippen molar-refractivity contribution in [3.05, 3.63) is 64.6 Å². The van der Waals surface area contributed by atoms with Crippen molar-refractivity contribution in [2.75, 3.05) is 13.2 Å². The standard InChI is InChI=1S/C22H21NO5S2/c1-3-27-16-11-10-14(12-17(16)28-4-2)13-18-20(24)23(22(29)30-18)19(21(25)26)15-8-6-5-7-9-15/h5-13,19H,3-4H2,1-2H3,(H,25,26)/b18-13-/t19-/m1/s1. The highest BCUT2D eigenvalue weighted by Crippen LogP contribution is 2.39. The van der Waals surface area contributed by atoms with E-state index in [9.17, 15) is 14.7 Å². The molecule has 30 heavy (non-hydrogen) atoms. The average molecular weight is 444 g/mol. The largest absolute Gasteiger partial charge is 0.490 e. The zero-order chi connectivity index (χ0) is 21.7. The first-order valence-corrected chi connectivity index (χ1v) is 10.6. The molecule has 1 aliphatic heterocycles. The van der Waals surface area contributed by atoms with Gasteiger partial charge in [-0.05, 0) is 43.2 Å². The maximum Gasteiger partial charge on any atom is 0.331 e. The number of amides is 1. The summed E-state index contributed by atoms with van der Waals surface area (Å²) in [6.07, 6.45) is 1.68. The number of carboxylic acids is 1. The van der Waals surface area contributed by atoms with Crippen LogP contribution >= 0.6 is 24.0 Å². The molecular weight excluding hydrogens is 422 g/mol. The number of thiocarbonyl (C=S) groups is 1. The van der Waals surface area contributed by atoms with Gasteiger partial charge in [-0.1, -0.05) is 60.4 Å². The lowest BCUT2D eigenvalue weighted by atomic mass is 10.1. The fraction of sp³-hybridized carbons (Fsp3) is 0.227. The van der Waals surface area contributed by atoms with E-state index in [0.717, 1.165) is 22.2 Å². The molecule has 1 fully saturated rings. The lowest BCUT2D eigenvalue weighted by Gasteiger charge is -2.23. The van der Waals surface area contributed by atoms with E-state index >= 15 is 0 Å². The maximum atomic E-state index is 13.0. The van der Waals surface area contributed by atoms with Gasteiger partial charge in [0.1, 0.15) is 4.32 Å². The van der Waals surface area contributed by atoms with Gasteiger partial charge in [-0.3, -0.25) is 9.69 Å². The van der Waals surface area contributed by atoms with Crippen molar-refractivity contribution in [1.82, 2.24) is 4.90 Å². The summed E-state index contributed by atoms with van der Waals surface area (Å²) in [4.78, 5) is 26.5. The van der Waals surface area contributed by atoms with Gasteiger partial charge in [-0.2, -0.15) is 0 Å². The van der Waals surface area contributed by atoms with Crippen molar-refractivity contribution in [2.45, 2.75) is 19.9 Å². The Labute approximate surface area is 184 Å². The third-order valence-corrected chi connectivity index (χ3v) is 5.63. The van der Waals surface area contributed by atoms with Crippen LogP contribution in [0.15, 0.2) is 53.4 Å². The van der Waals surface area contributed by atoms with Crippen molar-refractivity contribution >= 4 is 46.3 Å². The zero-order valence-corrected chi connectivity index (χ0v) is 18.2. The van der Waals surface area contributed by atoms with Gasteiger partial charge in [0, 0.05) is 0 Å². The summed E-state index contributed by atoms with van der Waals surface area (Å²) in [6, 6.07) is 12.8. The fourth-order valence-electron chi connectivity index (χ4n) is 3.05. The van der Waals surface area contributed by atoms with Crippen molar-refractivity contribution in [3.8, 4) is 11.5 Å². The molecule has 1 saturated heterocycles. The Kier molecular flexibility index (Phi) is 7.12. The van der Waals surface area contributed by atoms with Gasteiger partial charge in [-0.15, -0.1) is 0 Å². The van der Waals surface area contributed by atoms with E-state index in [2.05, 4.69) is 0 Å². The zero-order valence-electron chi connectivity index (χ0n) is 16.5. The molecule has 1 amide bonds. The van der Waals surface area contributed by atoms with E-state index in [1.54, 1.807) is 48.5 Å². The summed E-state index contributed by atoms with van der Waals surface area (Å²) in [5.41, 5.74) is 1.22. The number of carbonyl (C=O) groups is 2. The van der Waals surface area contributed by atoms with Gasteiger partial charge in [-0.25, -0.2) is 4.79 Å². The molecule has 0 bridgehead atoms. The van der Waals surface area contributed by atoms with E-state index < -0.39 is 17.9 Å². The number of hydrogen-bond donors (Lipinski definition) is 1. The van der Waals surface area contributed by atoms with E-state index in [0.29, 0.717) is 35.2 Å². The first-order valence-electron chi connectivity index (χ1n) is 9.40. The third kappa shape index (κ3) is 4.66. The summed E-state index contributed by atoms with van der Waals surface area (Å²) < 4.78 is 11.4. The highest BCUT2D eigenvalue weighted by Gasteiger charge is 2.41. The quantitative estimate of drug-likeness (QED) is 0.475. The Hall–Kier alpha value is -2.84. The minimum Gasteiger partial charge on any atom is -0.490 e. The molecule has 0 radical (unpaired) electrons. The molecule has 8 heteroatoms. The normalized spacial score (nSPS) is 16.1. The molecule has 0 unspecified atom stereocenters. The average Bonchev–Trinajstić information content (AvgIpc) is 2.99. The van der Waals surface area contributed by atoms with Crippen molar-refractivity contribution < 1.29 is 24.2 Å². The highest BCUT2D eigenvalue weighted by molar-refractivity contribution is 8.26. The Morgan fingerprint density at radius 3 is 2.43 bits per heavy atom. The second-order valence-electron chi connectivity index (χ2n) is 6.28. The van der Waals surface area contributed by atoms with Crippen LogP contribution < -0.4 is 9.47 Å². The number of aliphatic carboxylic acids is 1.